The molecule has 0 bridgehead atoms. The van der Waals surface area contributed by atoms with E-state index in [9.17, 15) is 14.0 Å². The molecule has 37 heavy (non-hydrogen) atoms. The van der Waals surface area contributed by atoms with Crippen molar-refractivity contribution in [3.05, 3.63) is 59.5 Å². The van der Waals surface area contributed by atoms with Gasteiger partial charge in [-0.25, -0.2) is 9.18 Å². The summed E-state index contributed by atoms with van der Waals surface area (Å²) in [6, 6.07) is 5.82. The van der Waals surface area contributed by atoms with Crippen LogP contribution in [0.3, 0.4) is 0 Å². The smallest absolute Gasteiger partial charge is 0.341 e. The van der Waals surface area contributed by atoms with Crippen molar-refractivity contribution in [1.82, 2.24) is 14.8 Å². The molecule has 196 valence electrons. The van der Waals surface area contributed by atoms with Gasteiger partial charge in [-0.2, -0.15) is 0 Å². The van der Waals surface area contributed by atoms with Gasteiger partial charge in [0.1, 0.15) is 22.2 Å². The minimum absolute atomic E-state index is 0.0995. The molecule has 1 saturated carbocycles. The normalized spacial score (nSPS) is 13.9. The van der Waals surface area contributed by atoms with Gasteiger partial charge in [-0.05, 0) is 30.0 Å². The highest BCUT2D eigenvalue weighted by atomic mass is 32.2. The highest BCUT2D eigenvalue weighted by Crippen LogP contribution is 2.36. The fourth-order valence-electron chi connectivity index (χ4n) is 4.62. The molecule has 0 radical (unpaired) electrons. The Balaban J connectivity index is 1.42. The first-order chi connectivity index (χ1) is 18.0. The van der Waals surface area contributed by atoms with Gasteiger partial charge in [0.15, 0.2) is 5.16 Å². The second-order valence-electron chi connectivity index (χ2n) is 9.03. The molecular formula is C27H31FN4O3S2. The molecule has 1 amide bonds. The molecular weight excluding hydrogens is 511 g/mol. The topological polar surface area (TPSA) is 86.1 Å². The summed E-state index contributed by atoms with van der Waals surface area (Å²) in [5.74, 6) is 0.548. The van der Waals surface area contributed by atoms with Crippen LogP contribution in [-0.4, -0.2) is 39.5 Å². The molecule has 0 spiro atoms. The van der Waals surface area contributed by atoms with E-state index in [1.54, 1.807) is 17.5 Å². The number of carbonyl (C=O) groups is 2. The lowest BCUT2D eigenvalue weighted by Gasteiger charge is -2.21. The first-order valence-corrected chi connectivity index (χ1v) is 14.3. The van der Waals surface area contributed by atoms with Crippen LogP contribution in [0.5, 0.6) is 0 Å². The molecule has 0 atom stereocenters. The van der Waals surface area contributed by atoms with Gasteiger partial charge in [0.2, 0.25) is 5.91 Å². The number of hydrogen-bond acceptors (Lipinski definition) is 7. The van der Waals surface area contributed by atoms with E-state index in [2.05, 4.69) is 22.1 Å². The van der Waals surface area contributed by atoms with Crippen LogP contribution in [0.25, 0.3) is 11.1 Å². The van der Waals surface area contributed by atoms with E-state index in [1.807, 2.05) is 10.6 Å². The van der Waals surface area contributed by atoms with Gasteiger partial charge in [-0.15, -0.1) is 28.1 Å². The number of ether oxygens (including phenoxy) is 1. The van der Waals surface area contributed by atoms with Gasteiger partial charge in [0, 0.05) is 23.9 Å². The first-order valence-electron chi connectivity index (χ1n) is 12.4. The maximum absolute atomic E-state index is 13.4. The molecule has 4 rings (SSSR count). The standard InChI is InChI=1S/C27H31FN4O3S2/c1-3-15-32-22(14-9-18-7-5-4-6-8-18)30-31-27(32)37-17-23(33)29-25-24(26(34)35-2)21(16-36-25)19-10-12-20(28)13-11-19/h3,10-13,16,18H,1,4-9,14-15,17H2,2H3,(H,29,33). The van der Waals surface area contributed by atoms with Crippen molar-refractivity contribution in [2.75, 3.05) is 18.2 Å². The Kier molecular flexibility index (Phi) is 9.51. The molecule has 0 aliphatic heterocycles. The minimum Gasteiger partial charge on any atom is -0.465 e. The van der Waals surface area contributed by atoms with Crippen LogP contribution in [0.1, 0.15) is 54.7 Å². The van der Waals surface area contributed by atoms with Crippen LogP contribution in [-0.2, 0) is 22.5 Å². The molecule has 2 heterocycles. The molecule has 1 fully saturated rings. The number of aryl methyl sites for hydroxylation is 1. The summed E-state index contributed by atoms with van der Waals surface area (Å²) in [4.78, 5) is 25.4. The van der Waals surface area contributed by atoms with Crippen molar-refractivity contribution in [3.63, 3.8) is 0 Å². The van der Waals surface area contributed by atoms with Crippen LogP contribution < -0.4 is 5.32 Å². The summed E-state index contributed by atoms with van der Waals surface area (Å²) in [7, 11) is 1.29. The van der Waals surface area contributed by atoms with Gasteiger partial charge in [-0.3, -0.25) is 4.79 Å². The molecule has 1 N–H and O–H groups in total. The third-order valence-corrected chi connectivity index (χ3v) is 8.39. The average Bonchev–Trinajstić information content (AvgIpc) is 3.51. The van der Waals surface area contributed by atoms with E-state index >= 15 is 0 Å². The van der Waals surface area contributed by atoms with Gasteiger partial charge < -0.3 is 14.6 Å². The molecule has 3 aromatic rings. The van der Waals surface area contributed by atoms with Crippen LogP contribution in [0.2, 0.25) is 0 Å². The zero-order valence-electron chi connectivity index (χ0n) is 20.9. The minimum atomic E-state index is -0.572. The summed E-state index contributed by atoms with van der Waals surface area (Å²) < 4.78 is 20.3. The lowest BCUT2D eigenvalue weighted by molar-refractivity contribution is -0.113. The molecule has 2 aromatic heterocycles. The second kappa shape index (κ2) is 13.0. The number of esters is 1. The van der Waals surface area contributed by atoms with Crippen molar-refractivity contribution in [1.29, 1.82) is 0 Å². The van der Waals surface area contributed by atoms with Crippen LogP contribution in [0.4, 0.5) is 9.39 Å². The molecule has 1 aliphatic carbocycles. The monoisotopic (exact) mass is 542 g/mol. The zero-order valence-corrected chi connectivity index (χ0v) is 22.5. The average molecular weight is 543 g/mol. The van der Waals surface area contributed by atoms with E-state index in [0.717, 1.165) is 24.6 Å². The summed E-state index contributed by atoms with van der Waals surface area (Å²) in [5, 5.41) is 14.4. The Bertz CT molecular complexity index is 1230. The third-order valence-electron chi connectivity index (χ3n) is 6.53. The van der Waals surface area contributed by atoms with Crippen molar-refractivity contribution in [2.45, 2.75) is 56.6 Å². The number of benzene rings is 1. The number of rotatable bonds is 11. The van der Waals surface area contributed by atoms with E-state index < -0.39 is 5.97 Å². The van der Waals surface area contributed by atoms with E-state index in [0.29, 0.717) is 27.8 Å². The number of thiophene rings is 1. The SMILES string of the molecule is C=CCn1c(CCC2CCCCC2)nnc1SCC(=O)Nc1scc(-c2ccc(F)cc2)c1C(=O)OC. The molecule has 0 saturated heterocycles. The van der Waals surface area contributed by atoms with Crippen molar-refractivity contribution in [3.8, 4) is 11.1 Å². The Morgan fingerprint density at radius 1 is 1.24 bits per heavy atom. The predicted molar refractivity (Wildman–Crippen MR) is 146 cm³/mol. The molecule has 7 nitrogen and oxygen atoms in total. The van der Waals surface area contributed by atoms with Crippen molar-refractivity contribution >= 4 is 40.0 Å². The van der Waals surface area contributed by atoms with Gasteiger partial charge in [0.05, 0.1) is 12.9 Å². The fraction of sp³-hybridized carbons (Fsp3) is 0.407. The summed E-state index contributed by atoms with van der Waals surface area (Å²) in [6.45, 7) is 4.44. The number of allylic oxidation sites excluding steroid dienone is 1. The zero-order chi connectivity index (χ0) is 26.2. The highest BCUT2D eigenvalue weighted by molar-refractivity contribution is 7.99. The van der Waals surface area contributed by atoms with Crippen LogP contribution >= 0.6 is 23.1 Å². The van der Waals surface area contributed by atoms with Crippen LogP contribution in [0, 0.1) is 11.7 Å². The lowest BCUT2D eigenvalue weighted by atomic mass is 9.86. The van der Waals surface area contributed by atoms with Gasteiger partial charge >= 0.3 is 5.97 Å². The molecule has 1 aliphatic rings. The number of nitrogens with zero attached hydrogens (tertiary/aromatic N) is 3. The Morgan fingerprint density at radius 3 is 2.70 bits per heavy atom. The van der Waals surface area contributed by atoms with E-state index in [1.165, 1.54) is 74.4 Å². The number of carbonyl (C=O) groups excluding carboxylic acids is 2. The number of hydrogen-bond donors (Lipinski definition) is 1. The van der Waals surface area contributed by atoms with Gasteiger partial charge in [-0.1, -0.05) is 62.1 Å². The lowest BCUT2D eigenvalue weighted by Crippen LogP contribution is -2.16. The summed E-state index contributed by atoms with van der Waals surface area (Å²) in [6.07, 6.45) is 10.3. The highest BCUT2D eigenvalue weighted by Gasteiger charge is 2.23. The number of thioether (sulfide) groups is 1. The first kappa shape index (κ1) is 27.1. The maximum Gasteiger partial charge on any atom is 0.341 e. The Morgan fingerprint density at radius 2 is 2.00 bits per heavy atom. The molecule has 10 heteroatoms. The summed E-state index contributed by atoms with van der Waals surface area (Å²) in [5.41, 5.74) is 1.48. The number of amides is 1. The summed E-state index contributed by atoms with van der Waals surface area (Å²) >= 11 is 2.52. The number of nitrogens with one attached hydrogen (secondary N) is 1. The molecule has 1 aromatic carbocycles. The number of halogens is 1. The Labute approximate surface area is 224 Å². The number of anilines is 1. The Hall–Kier alpha value is -2.98. The van der Waals surface area contributed by atoms with Gasteiger partial charge in [0.25, 0.3) is 0 Å². The van der Waals surface area contributed by atoms with E-state index in [-0.39, 0.29) is 23.0 Å². The number of aromatic nitrogens is 3. The third kappa shape index (κ3) is 6.87. The largest absolute Gasteiger partial charge is 0.465 e. The second-order valence-corrected chi connectivity index (χ2v) is 10.9. The maximum atomic E-state index is 13.4. The molecule has 0 unspecified atom stereocenters. The van der Waals surface area contributed by atoms with Crippen LogP contribution in [0.15, 0.2) is 47.5 Å². The number of methoxy groups -OCH3 is 1. The quantitative estimate of drug-likeness (QED) is 0.172. The van der Waals surface area contributed by atoms with Crippen molar-refractivity contribution in [2.24, 2.45) is 5.92 Å². The van der Waals surface area contributed by atoms with Crippen molar-refractivity contribution < 1.29 is 18.7 Å². The fourth-order valence-corrected chi connectivity index (χ4v) is 6.36. The van der Waals surface area contributed by atoms with E-state index in [4.69, 9.17) is 4.74 Å². The predicted octanol–water partition coefficient (Wildman–Crippen LogP) is 6.36.